The summed E-state index contributed by atoms with van der Waals surface area (Å²) in [5.41, 5.74) is 5.03. The Hall–Kier alpha value is -1.19. The molecule has 0 aliphatic carbocycles. The molecule has 1 N–H and O–H groups in total. The van der Waals surface area contributed by atoms with Crippen LogP contribution in [0.4, 0.5) is 0 Å². The molecule has 1 saturated heterocycles. The van der Waals surface area contributed by atoms with Gasteiger partial charge in [-0.2, -0.15) is 0 Å². The first-order valence-corrected chi connectivity index (χ1v) is 7.36. The molecule has 1 unspecified atom stereocenters. The van der Waals surface area contributed by atoms with Gasteiger partial charge in [-0.3, -0.25) is 0 Å². The van der Waals surface area contributed by atoms with Crippen LogP contribution in [0.5, 0.6) is 0 Å². The summed E-state index contributed by atoms with van der Waals surface area (Å²) in [6.45, 7) is 6.50. The van der Waals surface area contributed by atoms with Crippen molar-refractivity contribution in [3.8, 4) is 11.3 Å². The summed E-state index contributed by atoms with van der Waals surface area (Å²) in [4.78, 5) is 4.84. The summed E-state index contributed by atoms with van der Waals surface area (Å²) in [6, 6.07) is 6.58. The molecule has 2 nitrogen and oxygen atoms in total. The lowest BCUT2D eigenvalue weighted by Gasteiger charge is -2.05. The molecule has 3 rings (SSSR count). The molecule has 1 fully saturated rings. The molecule has 1 aliphatic rings. The quantitative estimate of drug-likeness (QED) is 0.891. The Kier molecular flexibility index (Phi) is 3.18. The summed E-state index contributed by atoms with van der Waals surface area (Å²) in [7, 11) is 0. The third-order valence-electron chi connectivity index (χ3n) is 3.60. The third-order valence-corrected chi connectivity index (χ3v) is 4.61. The van der Waals surface area contributed by atoms with Crippen LogP contribution < -0.4 is 5.32 Å². The molecular formula is C15H18N2S. The minimum absolute atomic E-state index is 0.619. The molecular weight excluding hydrogens is 240 g/mol. The summed E-state index contributed by atoms with van der Waals surface area (Å²) in [5, 5.41) is 6.90. The Morgan fingerprint density at radius 2 is 2.22 bits per heavy atom. The van der Waals surface area contributed by atoms with Gasteiger partial charge in [-0.15, -0.1) is 11.3 Å². The first-order chi connectivity index (χ1) is 8.74. The van der Waals surface area contributed by atoms with Gasteiger partial charge in [0.15, 0.2) is 0 Å². The average Bonchev–Trinajstić information content (AvgIpc) is 3.00. The standard InChI is InChI=1S/C15H18N2S/c1-10-3-4-11(2)13(7-10)14-9-18-15(17-14)12-5-6-16-8-12/h3-4,7,9,12,16H,5-6,8H2,1-2H3. The van der Waals surface area contributed by atoms with Gasteiger partial charge in [0.2, 0.25) is 0 Å². The first-order valence-electron chi connectivity index (χ1n) is 6.48. The van der Waals surface area contributed by atoms with Crippen LogP contribution in [0, 0.1) is 13.8 Å². The highest BCUT2D eigenvalue weighted by atomic mass is 32.1. The highest BCUT2D eigenvalue weighted by Gasteiger charge is 2.20. The van der Waals surface area contributed by atoms with E-state index in [9.17, 15) is 0 Å². The highest BCUT2D eigenvalue weighted by Crippen LogP contribution is 2.31. The number of nitrogens with zero attached hydrogens (tertiary/aromatic N) is 1. The molecule has 0 saturated carbocycles. The predicted octanol–water partition coefficient (Wildman–Crippen LogP) is 3.50. The second kappa shape index (κ2) is 4.82. The number of benzene rings is 1. The number of nitrogens with one attached hydrogen (secondary N) is 1. The molecule has 3 heteroatoms. The predicted molar refractivity (Wildman–Crippen MR) is 77.3 cm³/mol. The van der Waals surface area contributed by atoms with Crippen molar-refractivity contribution in [1.29, 1.82) is 0 Å². The smallest absolute Gasteiger partial charge is 0.0976 e. The number of aromatic nitrogens is 1. The number of aryl methyl sites for hydroxylation is 2. The summed E-state index contributed by atoms with van der Waals surface area (Å²) in [5.74, 6) is 0.619. The highest BCUT2D eigenvalue weighted by molar-refractivity contribution is 7.10. The van der Waals surface area contributed by atoms with Crippen molar-refractivity contribution < 1.29 is 0 Å². The Balaban J connectivity index is 1.94. The van der Waals surface area contributed by atoms with Crippen molar-refractivity contribution in [2.24, 2.45) is 0 Å². The fourth-order valence-electron chi connectivity index (χ4n) is 2.48. The molecule has 2 heterocycles. The molecule has 94 valence electrons. The van der Waals surface area contributed by atoms with E-state index < -0.39 is 0 Å². The van der Waals surface area contributed by atoms with Gasteiger partial charge >= 0.3 is 0 Å². The van der Waals surface area contributed by atoms with E-state index in [0.29, 0.717) is 5.92 Å². The van der Waals surface area contributed by atoms with E-state index in [2.05, 4.69) is 42.7 Å². The largest absolute Gasteiger partial charge is 0.316 e. The zero-order valence-electron chi connectivity index (χ0n) is 10.9. The van der Waals surface area contributed by atoms with Crippen LogP contribution in [0.3, 0.4) is 0 Å². The lowest BCUT2D eigenvalue weighted by atomic mass is 10.0. The second-order valence-corrected chi connectivity index (χ2v) is 5.97. The monoisotopic (exact) mass is 258 g/mol. The van der Waals surface area contributed by atoms with Crippen LogP contribution in [-0.2, 0) is 0 Å². The first kappa shape index (κ1) is 11.9. The molecule has 2 aromatic rings. The average molecular weight is 258 g/mol. The lowest BCUT2D eigenvalue weighted by molar-refractivity contribution is 0.756. The zero-order valence-corrected chi connectivity index (χ0v) is 11.7. The van der Waals surface area contributed by atoms with Crippen molar-refractivity contribution in [3.05, 3.63) is 39.7 Å². The maximum atomic E-state index is 4.84. The number of rotatable bonds is 2. The van der Waals surface area contributed by atoms with Crippen molar-refractivity contribution in [2.75, 3.05) is 13.1 Å². The van der Waals surface area contributed by atoms with Crippen molar-refractivity contribution in [3.63, 3.8) is 0 Å². The maximum absolute atomic E-state index is 4.84. The van der Waals surface area contributed by atoms with Crippen LogP contribution in [0.1, 0.15) is 28.5 Å². The fraction of sp³-hybridized carbons (Fsp3) is 0.400. The van der Waals surface area contributed by atoms with Gasteiger partial charge in [0, 0.05) is 23.4 Å². The van der Waals surface area contributed by atoms with E-state index in [1.54, 1.807) is 11.3 Å². The Bertz CT molecular complexity index is 553. The van der Waals surface area contributed by atoms with Gasteiger partial charge in [-0.05, 0) is 38.4 Å². The molecule has 0 spiro atoms. The molecule has 0 amide bonds. The van der Waals surface area contributed by atoms with Crippen LogP contribution in [0.2, 0.25) is 0 Å². The summed E-state index contributed by atoms with van der Waals surface area (Å²) >= 11 is 1.81. The van der Waals surface area contributed by atoms with E-state index in [0.717, 1.165) is 18.8 Å². The number of thiazole rings is 1. The Labute approximate surface area is 112 Å². The fourth-order valence-corrected chi connectivity index (χ4v) is 3.43. The Morgan fingerprint density at radius 1 is 1.33 bits per heavy atom. The Morgan fingerprint density at radius 3 is 3.00 bits per heavy atom. The van der Waals surface area contributed by atoms with Crippen LogP contribution in [0.15, 0.2) is 23.6 Å². The minimum Gasteiger partial charge on any atom is -0.316 e. The molecule has 1 aliphatic heterocycles. The second-order valence-electron chi connectivity index (χ2n) is 5.08. The van der Waals surface area contributed by atoms with Gasteiger partial charge < -0.3 is 5.32 Å². The summed E-state index contributed by atoms with van der Waals surface area (Å²) in [6.07, 6.45) is 1.22. The zero-order chi connectivity index (χ0) is 12.5. The third kappa shape index (κ3) is 2.20. The lowest BCUT2D eigenvalue weighted by Crippen LogP contribution is -2.07. The molecule has 1 atom stereocenters. The van der Waals surface area contributed by atoms with Crippen LogP contribution >= 0.6 is 11.3 Å². The van der Waals surface area contributed by atoms with Gasteiger partial charge in [-0.1, -0.05) is 17.7 Å². The van der Waals surface area contributed by atoms with Gasteiger partial charge in [0.1, 0.15) is 0 Å². The van der Waals surface area contributed by atoms with E-state index in [1.807, 2.05) is 0 Å². The van der Waals surface area contributed by atoms with E-state index in [-0.39, 0.29) is 0 Å². The molecule has 0 bridgehead atoms. The normalized spacial score (nSPS) is 19.3. The summed E-state index contributed by atoms with van der Waals surface area (Å²) < 4.78 is 0. The van der Waals surface area contributed by atoms with Crippen molar-refractivity contribution >= 4 is 11.3 Å². The SMILES string of the molecule is Cc1ccc(C)c(-c2csc(C3CCNC3)n2)c1. The van der Waals surface area contributed by atoms with Crippen LogP contribution in [-0.4, -0.2) is 18.1 Å². The molecule has 1 aromatic carbocycles. The molecule has 0 radical (unpaired) electrons. The van der Waals surface area contributed by atoms with Gasteiger partial charge in [-0.25, -0.2) is 4.98 Å². The maximum Gasteiger partial charge on any atom is 0.0976 e. The van der Waals surface area contributed by atoms with E-state index >= 15 is 0 Å². The van der Waals surface area contributed by atoms with Crippen molar-refractivity contribution in [2.45, 2.75) is 26.2 Å². The van der Waals surface area contributed by atoms with Crippen molar-refractivity contribution in [1.82, 2.24) is 10.3 Å². The number of hydrogen-bond donors (Lipinski definition) is 1. The van der Waals surface area contributed by atoms with Gasteiger partial charge in [0.05, 0.1) is 10.7 Å². The number of hydrogen-bond acceptors (Lipinski definition) is 3. The van der Waals surface area contributed by atoms with Gasteiger partial charge in [0.25, 0.3) is 0 Å². The van der Waals surface area contributed by atoms with E-state index in [4.69, 9.17) is 4.98 Å². The molecule has 1 aromatic heterocycles. The van der Waals surface area contributed by atoms with E-state index in [1.165, 1.54) is 28.1 Å². The van der Waals surface area contributed by atoms with Crippen LogP contribution in [0.25, 0.3) is 11.3 Å². The molecule has 18 heavy (non-hydrogen) atoms. The topological polar surface area (TPSA) is 24.9 Å². The minimum atomic E-state index is 0.619.